The van der Waals surface area contributed by atoms with Crippen molar-refractivity contribution in [2.24, 2.45) is 5.84 Å². The van der Waals surface area contributed by atoms with Gasteiger partial charge in [0.05, 0.1) is 0 Å². The van der Waals surface area contributed by atoms with Crippen LogP contribution in [0.3, 0.4) is 0 Å². The number of nitrogens with zero attached hydrogens (tertiary/aromatic N) is 12. The maximum atomic E-state index is 12.8. The van der Waals surface area contributed by atoms with Crippen LogP contribution in [0, 0.1) is 0 Å². The molecule has 5 aromatic heterocycles. The minimum atomic E-state index is -4.88. The fraction of sp³-hybridized carbons (Fsp3) is 0.531. The molecule has 97 heavy (non-hydrogen) atoms. The number of sulfone groups is 1. The third kappa shape index (κ3) is 37.2. The van der Waals surface area contributed by atoms with Gasteiger partial charge in [-0.15, -0.1) is 0 Å². The molecule has 0 radical (unpaired) electrons. The molecule has 0 saturated heterocycles. The number of rotatable bonds is 12. The average molecular weight is 1500 g/mol. The summed E-state index contributed by atoms with van der Waals surface area (Å²) < 4.78 is 225. The van der Waals surface area contributed by atoms with Gasteiger partial charge in [0.25, 0.3) is 0 Å². The van der Waals surface area contributed by atoms with Crippen molar-refractivity contribution in [1.29, 1.82) is 0 Å². The topological polar surface area (TPSA) is 371 Å². The zero-order valence-corrected chi connectivity index (χ0v) is 57.6. The van der Waals surface area contributed by atoms with Crippen LogP contribution in [0.5, 0.6) is 0 Å². The van der Waals surface area contributed by atoms with E-state index >= 15 is 0 Å². The fourth-order valence-corrected chi connectivity index (χ4v) is 6.63. The molecule has 548 valence electrons. The lowest BCUT2D eigenvalue weighted by atomic mass is 10.2. The number of nitrogens with one attached hydrogen (secondary N) is 8. The standard InChI is InChI=1S/C12H18F3N5O2.C11H15F3N4O4S.C11H15F3N4O2S.C7H10F3N5.C6H4ClF3N2S.C2H7N/c1-11(2,3)22-10(21)19-18-8-6-7(12(13,14)15)16-9(17-8)20(4)5;1-10(2,3)22-9(19)18-17-7-5-6(11(12,13)14)15-8(16-7)23(4,20)21;1-10(2,3)20-9(19)18-17-7-5-6(11(12,13)14)15-8(16-7)21-4;1-15(2)6-12-4(7(8,9)10)3-5(13-6)14-11;1-13-5-11-3(6(8,9)10)2-4(7)12-5;1-3-2/h6H,1-5H3,(H,19,21)(H,16,17,18);5H,1-4H3,(H,18,19)(H,15,16,17);5H,1-4H3,(H,18,19)(H,15,16,17);3H,11H2,1-2H3,(H,12,13,14);2H,1H3;3H,1-2H3. The van der Waals surface area contributed by atoms with Crippen LogP contribution < -0.4 is 58.9 Å². The number of aromatic nitrogens is 10. The zero-order valence-electron chi connectivity index (χ0n) is 54.4. The van der Waals surface area contributed by atoms with Crippen molar-refractivity contribution in [2.75, 3.05) is 92.6 Å². The summed E-state index contributed by atoms with van der Waals surface area (Å²) in [6.07, 6.45) is -22.0. The first-order chi connectivity index (χ1) is 43.8. The number of nitrogens with two attached hydrogens (primary N) is 1. The number of nitrogen functional groups attached to an aromatic ring is 1. The summed E-state index contributed by atoms with van der Waals surface area (Å²) >= 11 is 7.33. The summed E-state index contributed by atoms with van der Waals surface area (Å²) in [6, 6.07) is 3.27. The Labute approximate surface area is 558 Å². The van der Waals surface area contributed by atoms with Crippen LogP contribution in [0.1, 0.15) is 90.8 Å². The van der Waals surface area contributed by atoms with Crippen LogP contribution in [0.25, 0.3) is 0 Å². The van der Waals surface area contributed by atoms with Crippen LogP contribution in [-0.4, -0.2) is 154 Å². The third-order valence-electron chi connectivity index (χ3n) is 8.69. The molecule has 0 saturated carbocycles. The first-order valence-electron chi connectivity index (χ1n) is 26.2. The predicted molar refractivity (Wildman–Crippen MR) is 327 cm³/mol. The van der Waals surface area contributed by atoms with Crippen molar-refractivity contribution < 1.29 is 103 Å². The van der Waals surface area contributed by atoms with Crippen molar-refractivity contribution in [1.82, 2.24) is 71.4 Å². The zero-order chi connectivity index (χ0) is 75.8. The Bertz CT molecular complexity index is 3470. The summed E-state index contributed by atoms with van der Waals surface area (Å²) in [5.41, 5.74) is 6.79. The lowest BCUT2D eigenvalue weighted by Crippen LogP contribution is -2.36. The Morgan fingerprint density at radius 2 is 0.722 bits per heavy atom. The summed E-state index contributed by atoms with van der Waals surface area (Å²) in [4.78, 5) is 71.7. The highest BCUT2D eigenvalue weighted by atomic mass is 35.5. The van der Waals surface area contributed by atoms with Crippen molar-refractivity contribution in [3.63, 3.8) is 0 Å². The van der Waals surface area contributed by atoms with E-state index in [-0.39, 0.29) is 44.8 Å². The highest BCUT2D eigenvalue weighted by Crippen LogP contribution is 2.34. The second kappa shape index (κ2) is 37.0. The molecule has 0 aliphatic rings. The van der Waals surface area contributed by atoms with E-state index in [4.69, 9.17) is 31.7 Å². The fourth-order valence-electron chi connectivity index (χ4n) is 5.11. The molecule has 0 atom stereocenters. The Balaban J connectivity index is 0.00000119. The van der Waals surface area contributed by atoms with Crippen LogP contribution in [-0.2, 0) is 54.9 Å². The van der Waals surface area contributed by atoms with Crippen LogP contribution in [0.15, 0.2) is 45.8 Å². The number of halogens is 16. The molecule has 5 rings (SSSR count). The van der Waals surface area contributed by atoms with Gasteiger partial charge in [-0.05, 0) is 88.9 Å². The highest BCUT2D eigenvalue weighted by Gasteiger charge is 2.38. The predicted octanol–water partition coefficient (Wildman–Crippen LogP) is 10.8. The number of thioether (sulfide) groups is 2. The van der Waals surface area contributed by atoms with Gasteiger partial charge < -0.3 is 34.8 Å². The van der Waals surface area contributed by atoms with Gasteiger partial charge in [0.15, 0.2) is 44.6 Å². The monoisotopic (exact) mass is 1500 g/mol. The van der Waals surface area contributed by atoms with E-state index in [1.807, 2.05) is 19.5 Å². The maximum absolute atomic E-state index is 12.8. The first kappa shape index (κ1) is 88.8. The number of hydrogen-bond acceptors (Lipinski definition) is 28. The van der Waals surface area contributed by atoms with Crippen LogP contribution >= 0.6 is 35.1 Å². The average Bonchev–Trinajstić information content (AvgIpc) is 0.838. The molecule has 5 heterocycles. The molecular weight excluding hydrogens is 1430 g/mol. The molecular formula is C49H69ClF15N21O8S3. The molecule has 0 fully saturated rings. The van der Waals surface area contributed by atoms with E-state index in [1.165, 1.54) is 38.0 Å². The van der Waals surface area contributed by atoms with E-state index in [2.05, 4.69) is 87.7 Å². The van der Waals surface area contributed by atoms with Gasteiger partial charge in [0.1, 0.15) is 39.4 Å². The van der Waals surface area contributed by atoms with Gasteiger partial charge in [0.2, 0.25) is 26.9 Å². The minimum absolute atomic E-state index is 0.0137. The van der Waals surface area contributed by atoms with Crippen LogP contribution in [0.4, 0.5) is 115 Å². The number of amides is 3. The second-order valence-corrected chi connectivity index (χ2v) is 25.3. The van der Waals surface area contributed by atoms with E-state index in [9.17, 15) is 88.7 Å². The Morgan fingerprint density at radius 1 is 0.454 bits per heavy atom. The number of hydrazine groups is 4. The maximum Gasteiger partial charge on any atom is 0.433 e. The smallest absolute Gasteiger partial charge is 0.433 e. The van der Waals surface area contributed by atoms with Crippen molar-refractivity contribution >= 4 is 98.4 Å². The number of alkyl halides is 15. The van der Waals surface area contributed by atoms with Gasteiger partial charge >= 0.3 is 49.2 Å². The molecule has 0 unspecified atom stereocenters. The van der Waals surface area contributed by atoms with Gasteiger partial charge in [-0.25, -0.2) is 79.8 Å². The van der Waals surface area contributed by atoms with Gasteiger partial charge in [-0.3, -0.25) is 16.3 Å². The number of anilines is 6. The molecule has 48 heteroatoms. The molecule has 10 N–H and O–H groups in total. The largest absolute Gasteiger partial charge is 0.443 e. The molecule has 0 spiro atoms. The Morgan fingerprint density at radius 3 is 1.01 bits per heavy atom. The summed E-state index contributed by atoms with van der Waals surface area (Å²) in [5, 5.41) is 1.46. The second-order valence-electron chi connectivity index (χ2n) is 21.4. The molecule has 5 aromatic rings. The molecule has 0 aliphatic carbocycles. The number of carbonyl (C=O) groups excluding carboxylic acids is 3. The van der Waals surface area contributed by atoms with Gasteiger partial charge in [0, 0.05) is 64.8 Å². The highest BCUT2D eigenvalue weighted by molar-refractivity contribution is 7.98. The van der Waals surface area contributed by atoms with E-state index < -0.39 is 115 Å². The normalized spacial score (nSPS) is 11.8. The quantitative estimate of drug-likeness (QED) is 0.0107. The first-order valence-corrected chi connectivity index (χ1v) is 30.9. The van der Waals surface area contributed by atoms with Crippen molar-refractivity contribution in [2.45, 2.75) is 125 Å². The van der Waals surface area contributed by atoms with Crippen molar-refractivity contribution in [3.8, 4) is 0 Å². The lowest BCUT2D eigenvalue weighted by Gasteiger charge is -2.20. The molecule has 0 aliphatic heterocycles. The minimum Gasteiger partial charge on any atom is -0.443 e. The van der Waals surface area contributed by atoms with Crippen molar-refractivity contribution in [3.05, 3.63) is 64.0 Å². The molecule has 3 amide bonds. The van der Waals surface area contributed by atoms with Crippen LogP contribution in [0.2, 0.25) is 5.15 Å². The van der Waals surface area contributed by atoms with E-state index in [1.54, 1.807) is 74.8 Å². The SMILES string of the molecule is CC(C)(C)OC(=O)NNc1cc(C(F)(F)F)nc(S(C)(=O)=O)n1.CN(C)c1nc(NN)cc(C(F)(F)F)n1.CN(C)c1nc(NNC(=O)OC(C)(C)C)cc(C(F)(F)F)n1.CNC.CSc1nc(Cl)cc(C(F)(F)F)n1.CSc1nc(NNC(=O)OC(C)(C)C)cc(C(F)(F)F)n1. The van der Waals surface area contributed by atoms with Gasteiger partial charge in [-0.2, -0.15) is 80.8 Å². The summed E-state index contributed by atoms with van der Waals surface area (Å²) in [7, 11) is 5.74. The molecule has 0 aromatic carbocycles. The Hall–Kier alpha value is -8.18. The summed E-state index contributed by atoms with van der Waals surface area (Å²) in [5.74, 6) is 3.76. The lowest BCUT2D eigenvalue weighted by molar-refractivity contribution is -0.142. The summed E-state index contributed by atoms with van der Waals surface area (Å²) in [6.45, 7) is 14.7. The number of ether oxygens (including phenoxy) is 3. The van der Waals surface area contributed by atoms with Gasteiger partial charge in [-0.1, -0.05) is 35.1 Å². The van der Waals surface area contributed by atoms with E-state index in [0.29, 0.717) is 30.5 Å². The number of hydrogen-bond donors (Lipinski definition) is 9. The third-order valence-corrected chi connectivity index (χ3v) is 10.8. The van der Waals surface area contributed by atoms with E-state index in [0.717, 1.165) is 29.6 Å². The Kier molecular flexibility index (Phi) is 33.8. The number of carbonyl (C=O) groups is 3. The molecule has 0 bridgehead atoms. The molecule has 29 nitrogen and oxygen atoms in total.